The van der Waals surface area contributed by atoms with Gasteiger partial charge >= 0.3 is 0 Å². The third-order valence-corrected chi connectivity index (χ3v) is 5.47. The second-order valence-electron chi connectivity index (χ2n) is 7.53. The van der Waals surface area contributed by atoms with Gasteiger partial charge in [0.25, 0.3) is 0 Å². The number of carbonyl (C=O) groups excluding carboxylic acids is 1. The van der Waals surface area contributed by atoms with E-state index in [1.807, 2.05) is 41.8 Å². The third-order valence-electron chi connectivity index (χ3n) is 5.47. The molecule has 2 aromatic heterocycles. The summed E-state index contributed by atoms with van der Waals surface area (Å²) in [5, 5.41) is 10.7. The molecule has 1 unspecified atom stereocenters. The molecule has 0 aliphatic rings. The maximum absolute atomic E-state index is 12.6. The first kappa shape index (κ1) is 21.5. The van der Waals surface area contributed by atoms with Crippen molar-refractivity contribution in [1.82, 2.24) is 14.5 Å². The number of rotatable bonds is 8. The van der Waals surface area contributed by atoms with Gasteiger partial charge in [0, 0.05) is 12.0 Å². The quantitative estimate of drug-likeness (QED) is 0.415. The minimum absolute atomic E-state index is 0.0859. The maximum atomic E-state index is 12.6. The molecule has 1 atom stereocenters. The number of methoxy groups -OCH3 is 2. The molecule has 0 amide bonds. The lowest BCUT2D eigenvalue weighted by molar-refractivity contribution is 0.0937. The Kier molecular flexibility index (Phi) is 6.18. The molecule has 2 aromatic carbocycles. The summed E-state index contributed by atoms with van der Waals surface area (Å²) in [6.07, 6.45) is 1.30. The molecule has 7 nitrogen and oxygen atoms in total. The zero-order valence-corrected chi connectivity index (χ0v) is 18.3. The number of nitrogens with zero attached hydrogens (tertiary/aromatic N) is 3. The Hall–Kier alpha value is -3.71. The van der Waals surface area contributed by atoms with Gasteiger partial charge in [-0.1, -0.05) is 18.2 Å². The fourth-order valence-corrected chi connectivity index (χ4v) is 3.70. The maximum Gasteiger partial charge on any atom is 0.163 e. The van der Waals surface area contributed by atoms with Crippen molar-refractivity contribution < 1.29 is 19.4 Å². The van der Waals surface area contributed by atoms with Gasteiger partial charge in [0.15, 0.2) is 17.3 Å². The molecular weight excluding hydrogens is 406 g/mol. The fourth-order valence-electron chi connectivity index (χ4n) is 3.70. The van der Waals surface area contributed by atoms with E-state index in [0.717, 1.165) is 16.6 Å². The molecule has 0 saturated carbocycles. The number of carbonyl (C=O) groups is 1. The molecule has 0 aliphatic carbocycles. The molecule has 164 valence electrons. The number of hydrogen-bond acceptors (Lipinski definition) is 6. The second kappa shape index (κ2) is 9.20. The number of imidazole rings is 1. The second-order valence-corrected chi connectivity index (χ2v) is 7.53. The smallest absolute Gasteiger partial charge is 0.163 e. The number of aliphatic hydroxyl groups is 1. The van der Waals surface area contributed by atoms with Crippen LogP contribution in [0, 0.1) is 6.92 Å². The van der Waals surface area contributed by atoms with Crippen molar-refractivity contribution in [3.05, 3.63) is 77.7 Å². The van der Waals surface area contributed by atoms with E-state index in [1.165, 1.54) is 7.11 Å². The first-order valence-electron chi connectivity index (χ1n) is 10.3. The third kappa shape index (κ3) is 4.20. The van der Waals surface area contributed by atoms with Gasteiger partial charge in [-0.05, 0) is 55.3 Å². The molecule has 1 N–H and O–H groups in total. The van der Waals surface area contributed by atoms with E-state index >= 15 is 0 Å². The molecule has 0 fully saturated rings. The van der Waals surface area contributed by atoms with Gasteiger partial charge in [0.2, 0.25) is 0 Å². The van der Waals surface area contributed by atoms with Crippen LogP contribution in [-0.4, -0.2) is 39.6 Å². The van der Waals surface area contributed by atoms with Gasteiger partial charge in [-0.25, -0.2) is 9.97 Å². The van der Waals surface area contributed by atoms with E-state index in [4.69, 9.17) is 9.47 Å². The molecule has 0 radical (unpaired) electrons. The van der Waals surface area contributed by atoms with Crippen molar-refractivity contribution in [1.29, 1.82) is 0 Å². The molecule has 0 saturated heterocycles. The van der Waals surface area contributed by atoms with Crippen molar-refractivity contribution in [2.24, 2.45) is 0 Å². The van der Waals surface area contributed by atoms with Crippen LogP contribution >= 0.6 is 0 Å². The number of aliphatic hydroxyl groups excluding tert-OH is 1. The van der Waals surface area contributed by atoms with E-state index in [-0.39, 0.29) is 18.6 Å². The summed E-state index contributed by atoms with van der Waals surface area (Å²) in [6.45, 7) is 2.02. The van der Waals surface area contributed by atoms with Gasteiger partial charge in [-0.15, -0.1) is 0 Å². The number of aryl methyl sites for hydroxylation is 1. The van der Waals surface area contributed by atoms with Crippen LogP contribution in [0.3, 0.4) is 0 Å². The van der Waals surface area contributed by atoms with E-state index in [9.17, 15) is 9.90 Å². The average molecular weight is 431 g/mol. The van der Waals surface area contributed by atoms with Crippen molar-refractivity contribution in [3.8, 4) is 17.3 Å². The topological polar surface area (TPSA) is 86.5 Å². The molecule has 0 aliphatic heterocycles. The Morgan fingerprint density at radius 3 is 2.62 bits per heavy atom. The number of fused-ring (bicyclic) bond motifs is 1. The highest BCUT2D eigenvalue weighted by Gasteiger charge is 2.16. The minimum atomic E-state index is -0.865. The number of pyridine rings is 1. The van der Waals surface area contributed by atoms with Crippen molar-refractivity contribution in [2.45, 2.75) is 25.9 Å². The van der Waals surface area contributed by atoms with Crippen LogP contribution in [0.25, 0.3) is 16.9 Å². The highest BCUT2D eigenvalue weighted by atomic mass is 16.5. The van der Waals surface area contributed by atoms with E-state index in [0.29, 0.717) is 28.6 Å². The van der Waals surface area contributed by atoms with Gasteiger partial charge < -0.3 is 14.6 Å². The Morgan fingerprint density at radius 1 is 1.06 bits per heavy atom. The number of benzene rings is 2. The highest BCUT2D eigenvalue weighted by molar-refractivity contribution is 5.96. The van der Waals surface area contributed by atoms with Crippen LogP contribution < -0.4 is 9.47 Å². The number of para-hydroxylation sites is 1. The normalized spacial score (nSPS) is 12.0. The number of ether oxygens (including phenoxy) is 2. The lowest BCUT2D eigenvalue weighted by Gasteiger charge is -2.12. The SMILES string of the molecule is COc1ccc(C(=O)CCC(O)c2cccc(-n3cnc4c(C)cccc43)n2)cc1OC. The van der Waals surface area contributed by atoms with Crippen molar-refractivity contribution >= 4 is 16.8 Å². The number of aromatic nitrogens is 3. The van der Waals surface area contributed by atoms with E-state index in [1.54, 1.807) is 37.7 Å². The number of hydrogen-bond donors (Lipinski definition) is 1. The lowest BCUT2D eigenvalue weighted by Crippen LogP contribution is -2.07. The molecule has 2 heterocycles. The molecule has 32 heavy (non-hydrogen) atoms. The number of ketones is 1. The summed E-state index contributed by atoms with van der Waals surface area (Å²) in [5.74, 6) is 1.64. The summed E-state index contributed by atoms with van der Waals surface area (Å²) in [6, 6.07) is 16.5. The summed E-state index contributed by atoms with van der Waals surface area (Å²) < 4.78 is 12.4. The van der Waals surface area contributed by atoms with Crippen molar-refractivity contribution in [3.63, 3.8) is 0 Å². The summed E-state index contributed by atoms with van der Waals surface area (Å²) in [7, 11) is 3.07. The fraction of sp³-hybridized carbons (Fsp3) is 0.240. The zero-order chi connectivity index (χ0) is 22.7. The van der Waals surface area contributed by atoms with Gasteiger partial charge in [-0.2, -0.15) is 0 Å². The molecule has 7 heteroatoms. The molecule has 0 bridgehead atoms. The van der Waals surface area contributed by atoms with Crippen LogP contribution in [0.5, 0.6) is 11.5 Å². The van der Waals surface area contributed by atoms with Crippen LogP contribution in [0.2, 0.25) is 0 Å². The molecular formula is C25H25N3O4. The summed E-state index contributed by atoms with van der Waals surface area (Å²) in [5.41, 5.74) is 3.98. The van der Waals surface area contributed by atoms with Crippen LogP contribution in [0.4, 0.5) is 0 Å². The number of Topliss-reactive ketones (excluding diaryl/α,β-unsaturated/α-hetero) is 1. The predicted octanol–water partition coefficient (Wildman–Crippen LogP) is 4.44. The largest absolute Gasteiger partial charge is 0.493 e. The van der Waals surface area contributed by atoms with Gasteiger partial charge in [-0.3, -0.25) is 9.36 Å². The standard InChI is InChI=1S/C25H25N3O4/c1-16-6-4-8-19-25(16)26-15-28(19)24-9-5-7-18(27-24)21(30)12-11-20(29)17-10-13-22(31-2)23(14-17)32-3/h4-10,13-15,21,30H,11-12H2,1-3H3. The predicted molar refractivity (Wildman–Crippen MR) is 122 cm³/mol. The van der Waals surface area contributed by atoms with E-state index in [2.05, 4.69) is 9.97 Å². The zero-order valence-electron chi connectivity index (χ0n) is 18.3. The average Bonchev–Trinajstić information content (AvgIpc) is 3.27. The Bertz CT molecular complexity index is 1270. The molecule has 4 aromatic rings. The Labute approximate surface area is 186 Å². The Balaban J connectivity index is 1.49. The first-order valence-corrected chi connectivity index (χ1v) is 10.3. The first-order chi connectivity index (χ1) is 15.5. The highest BCUT2D eigenvalue weighted by Crippen LogP contribution is 2.29. The summed E-state index contributed by atoms with van der Waals surface area (Å²) in [4.78, 5) is 21.7. The molecule has 4 rings (SSSR count). The van der Waals surface area contributed by atoms with E-state index < -0.39 is 6.10 Å². The minimum Gasteiger partial charge on any atom is -0.493 e. The Morgan fingerprint density at radius 2 is 1.84 bits per heavy atom. The van der Waals surface area contributed by atoms with Crippen molar-refractivity contribution in [2.75, 3.05) is 14.2 Å². The van der Waals surface area contributed by atoms with Crippen LogP contribution in [-0.2, 0) is 0 Å². The monoisotopic (exact) mass is 431 g/mol. The molecule has 0 spiro atoms. The lowest BCUT2D eigenvalue weighted by atomic mass is 10.0. The van der Waals surface area contributed by atoms with Gasteiger partial charge in [0.05, 0.1) is 37.1 Å². The van der Waals surface area contributed by atoms with Crippen LogP contribution in [0.1, 0.15) is 40.6 Å². The summed E-state index contributed by atoms with van der Waals surface area (Å²) >= 11 is 0. The van der Waals surface area contributed by atoms with Crippen LogP contribution in [0.15, 0.2) is 60.9 Å². The van der Waals surface area contributed by atoms with Gasteiger partial charge in [0.1, 0.15) is 12.1 Å².